The van der Waals surface area contributed by atoms with Crippen LogP contribution < -0.4 is 20.9 Å². The Balaban J connectivity index is 1.44. The molecular weight excluding hydrogens is 412 g/mol. The number of nitrogens with zero attached hydrogens (tertiary/aromatic N) is 5. The molecule has 4 rings (SSSR count). The first-order chi connectivity index (χ1) is 14.9. The topological polar surface area (TPSA) is 108 Å². The second-order valence-corrected chi connectivity index (χ2v) is 8.78. The van der Waals surface area contributed by atoms with E-state index >= 15 is 0 Å². The zero-order valence-electron chi connectivity index (χ0n) is 18.1. The van der Waals surface area contributed by atoms with Gasteiger partial charge in [0.15, 0.2) is 5.13 Å². The molecule has 0 aliphatic carbocycles. The summed E-state index contributed by atoms with van der Waals surface area (Å²) in [6.07, 6.45) is 1.85. The van der Waals surface area contributed by atoms with Crippen LogP contribution in [0.15, 0.2) is 18.3 Å². The molecule has 1 saturated heterocycles. The number of carbonyl (C=O) groups excluding carboxylic acids is 1. The van der Waals surface area contributed by atoms with Gasteiger partial charge in [-0.3, -0.25) is 10.1 Å². The lowest BCUT2D eigenvalue weighted by atomic mass is 10.1. The minimum atomic E-state index is -0.0325. The summed E-state index contributed by atoms with van der Waals surface area (Å²) in [4.78, 5) is 32.3. The molecule has 0 spiro atoms. The number of nitrogens with one attached hydrogen (secondary N) is 3. The van der Waals surface area contributed by atoms with Gasteiger partial charge in [-0.25, -0.2) is 4.98 Å². The van der Waals surface area contributed by atoms with E-state index in [4.69, 9.17) is 0 Å². The summed E-state index contributed by atoms with van der Waals surface area (Å²) < 4.78 is 0. The number of amides is 1. The van der Waals surface area contributed by atoms with Crippen LogP contribution in [0.4, 0.5) is 22.7 Å². The fourth-order valence-corrected chi connectivity index (χ4v) is 4.40. The third-order valence-electron chi connectivity index (χ3n) is 4.95. The van der Waals surface area contributed by atoms with Crippen LogP contribution in [-0.2, 0) is 11.3 Å². The Kier molecular flexibility index (Phi) is 5.99. The number of benzene rings is 1. The minimum Gasteiger partial charge on any atom is -0.380 e. The van der Waals surface area contributed by atoms with Crippen LogP contribution in [0.5, 0.6) is 0 Å². The molecule has 1 aromatic carbocycles. The van der Waals surface area contributed by atoms with Gasteiger partial charge in [0.05, 0.1) is 13.1 Å². The summed E-state index contributed by atoms with van der Waals surface area (Å²) in [6, 6.07) is 4.36. The lowest BCUT2D eigenvalue weighted by Crippen LogP contribution is -2.48. The molecule has 31 heavy (non-hydrogen) atoms. The molecule has 1 amide bonds. The van der Waals surface area contributed by atoms with Crippen LogP contribution in [0.1, 0.15) is 27.4 Å². The molecule has 1 aliphatic rings. The van der Waals surface area contributed by atoms with Gasteiger partial charge in [0.2, 0.25) is 17.8 Å². The van der Waals surface area contributed by atoms with E-state index in [1.54, 1.807) is 11.3 Å². The first-order valence-corrected chi connectivity index (χ1v) is 11.0. The van der Waals surface area contributed by atoms with Crippen molar-refractivity contribution < 1.29 is 4.79 Å². The Hall–Kier alpha value is -3.27. The van der Waals surface area contributed by atoms with Crippen molar-refractivity contribution in [2.75, 3.05) is 35.2 Å². The molecule has 1 aliphatic heterocycles. The van der Waals surface area contributed by atoms with Gasteiger partial charge >= 0.3 is 0 Å². The van der Waals surface area contributed by atoms with Crippen molar-refractivity contribution in [1.82, 2.24) is 25.3 Å². The number of anilines is 4. The Morgan fingerprint density at radius 3 is 2.65 bits per heavy atom. The molecule has 0 saturated carbocycles. The average Bonchev–Trinajstić information content (AvgIpc) is 3.14. The molecule has 1 fully saturated rings. The van der Waals surface area contributed by atoms with Gasteiger partial charge in [0.25, 0.3) is 0 Å². The second-order valence-electron chi connectivity index (χ2n) is 7.66. The summed E-state index contributed by atoms with van der Waals surface area (Å²) in [5, 5.41) is 10.2. The Morgan fingerprint density at radius 2 is 1.90 bits per heavy atom. The zero-order chi connectivity index (χ0) is 22.0. The van der Waals surface area contributed by atoms with Gasteiger partial charge in [0, 0.05) is 29.9 Å². The summed E-state index contributed by atoms with van der Waals surface area (Å²) in [6.45, 7) is 10.3. The normalized spacial score (nSPS) is 13.8. The standard InChI is InChI=1S/C21H26N8OS/c1-12-7-13(2)18(14(3)8-12)23-9-16-10-24-21(31-16)28-19-25-15(4)26-20(27-19)29-6-5-22-17(30)11-29/h7-8,10,23H,5-6,9,11H2,1-4H3,(H,22,30)(H,24,25,26,27,28). The molecule has 3 N–H and O–H groups in total. The summed E-state index contributed by atoms with van der Waals surface area (Å²) in [5.74, 6) is 1.47. The maximum Gasteiger partial charge on any atom is 0.239 e. The van der Waals surface area contributed by atoms with Crippen LogP contribution in [0.2, 0.25) is 0 Å². The third kappa shape index (κ3) is 5.08. The molecular formula is C21H26N8OS. The van der Waals surface area contributed by atoms with Crippen molar-refractivity contribution in [3.05, 3.63) is 45.7 Å². The zero-order valence-corrected chi connectivity index (χ0v) is 18.9. The highest BCUT2D eigenvalue weighted by Gasteiger charge is 2.20. The quantitative estimate of drug-likeness (QED) is 0.539. The van der Waals surface area contributed by atoms with Crippen molar-refractivity contribution in [2.45, 2.75) is 34.2 Å². The number of carbonyl (C=O) groups is 1. The van der Waals surface area contributed by atoms with Gasteiger partial charge in [-0.05, 0) is 38.8 Å². The predicted octanol–water partition coefficient (Wildman–Crippen LogP) is 2.85. The van der Waals surface area contributed by atoms with E-state index in [-0.39, 0.29) is 12.5 Å². The molecule has 2 aromatic heterocycles. The van der Waals surface area contributed by atoms with E-state index in [0.717, 1.165) is 10.6 Å². The first-order valence-electron chi connectivity index (χ1n) is 10.1. The molecule has 0 unspecified atom stereocenters. The number of piperazine rings is 1. The largest absolute Gasteiger partial charge is 0.380 e. The van der Waals surface area contributed by atoms with Crippen molar-refractivity contribution >= 4 is 40.0 Å². The van der Waals surface area contributed by atoms with Crippen LogP contribution >= 0.6 is 11.3 Å². The van der Waals surface area contributed by atoms with Gasteiger partial charge in [-0.2, -0.15) is 15.0 Å². The van der Waals surface area contributed by atoms with Crippen LogP contribution in [0, 0.1) is 27.7 Å². The fourth-order valence-electron chi connectivity index (χ4n) is 3.65. The second kappa shape index (κ2) is 8.84. The summed E-state index contributed by atoms with van der Waals surface area (Å²) in [5.41, 5.74) is 4.90. The fraction of sp³-hybridized carbons (Fsp3) is 0.381. The van der Waals surface area contributed by atoms with E-state index in [2.05, 4.69) is 68.8 Å². The number of aromatic nitrogens is 4. The van der Waals surface area contributed by atoms with E-state index < -0.39 is 0 Å². The highest BCUT2D eigenvalue weighted by molar-refractivity contribution is 7.15. The van der Waals surface area contributed by atoms with Gasteiger partial charge in [-0.1, -0.05) is 29.0 Å². The van der Waals surface area contributed by atoms with Crippen LogP contribution in [0.25, 0.3) is 0 Å². The van der Waals surface area contributed by atoms with Crippen LogP contribution in [0.3, 0.4) is 0 Å². The maximum absolute atomic E-state index is 11.7. The van der Waals surface area contributed by atoms with E-state index in [1.807, 2.05) is 18.0 Å². The monoisotopic (exact) mass is 438 g/mol. The highest BCUT2D eigenvalue weighted by atomic mass is 32.1. The predicted molar refractivity (Wildman–Crippen MR) is 123 cm³/mol. The molecule has 0 bridgehead atoms. The van der Waals surface area contributed by atoms with Crippen LogP contribution in [-0.4, -0.2) is 45.5 Å². The summed E-state index contributed by atoms with van der Waals surface area (Å²) in [7, 11) is 0. The minimum absolute atomic E-state index is 0.0325. The molecule has 162 valence electrons. The number of rotatable bonds is 6. The maximum atomic E-state index is 11.7. The van der Waals surface area contributed by atoms with Crippen molar-refractivity contribution in [1.29, 1.82) is 0 Å². The number of aryl methyl sites for hydroxylation is 4. The third-order valence-corrected chi connectivity index (χ3v) is 5.86. The van der Waals surface area contributed by atoms with Crippen molar-refractivity contribution in [2.24, 2.45) is 0 Å². The number of hydrogen-bond donors (Lipinski definition) is 3. The summed E-state index contributed by atoms with van der Waals surface area (Å²) >= 11 is 1.55. The molecule has 3 heterocycles. The molecule has 0 atom stereocenters. The first kappa shape index (κ1) is 21.0. The Morgan fingerprint density at radius 1 is 1.13 bits per heavy atom. The molecule has 10 heteroatoms. The van der Waals surface area contributed by atoms with Crippen molar-refractivity contribution in [3.63, 3.8) is 0 Å². The molecule has 3 aromatic rings. The van der Waals surface area contributed by atoms with Crippen molar-refractivity contribution in [3.8, 4) is 0 Å². The molecule has 0 radical (unpaired) electrons. The highest BCUT2D eigenvalue weighted by Crippen LogP contribution is 2.26. The van der Waals surface area contributed by atoms with Gasteiger partial charge in [0.1, 0.15) is 5.82 Å². The van der Waals surface area contributed by atoms with E-state index in [9.17, 15) is 4.79 Å². The lowest BCUT2D eigenvalue weighted by molar-refractivity contribution is -0.120. The molecule has 9 nitrogen and oxygen atoms in total. The SMILES string of the molecule is Cc1cc(C)c(NCc2cnc(Nc3nc(C)nc(N4CCNC(=O)C4)n3)s2)c(C)c1. The number of thiazole rings is 1. The van der Waals surface area contributed by atoms with Gasteiger partial charge < -0.3 is 15.5 Å². The smallest absolute Gasteiger partial charge is 0.239 e. The average molecular weight is 439 g/mol. The van der Waals surface area contributed by atoms with E-state index in [1.165, 1.54) is 16.7 Å². The Labute approximate surface area is 185 Å². The van der Waals surface area contributed by atoms with E-state index in [0.29, 0.717) is 42.5 Å². The number of hydrogen-bond acceptors (Lipinski definition) is 9. The lowest BCUT2D eigenvalue weighted by Gasteiger charge is -2.26. The Bertz CT molecular complexity index is 1090. The van der Waals surface area contributed by atoms with Gasteiger partial charge in [-0.15, -0.1) is 0 Å².